The van der Waals surface area contributed by atoms with Crippen molar-refractivity contribution in [3.63, 3.8) is 0 Å². The lowest BCUT2D eigenvalue weighted by Gasteiger charge is -2.18. The maximum Gasteiger partial charge on any atom is 0.251 e. The van der Waals surface area contributed by atoms with Crippen molar-refractivity contribution < 1.29 is 14.3 Å². The number of hydrogen-bond acceptors (Lipinski definition) is 3. The fraction of sp³-hybridized carbons (Fsp3) is 0.278. The molecule has 23 heavy (non-hydrogen) atoms. The number of carbonyl (C=O) groups excluding carboxylic acids is 1. The van der Waals surface area contributed by atoms with Gasteiger partial charge in [0, 0.05) is 16.5 Å². The van der Waals surface area contributed by atoms with Crippen molar-refractivity contribution in [2.75, 3.05) is 13.2 Å². The molecule has 3 rings (SSSR count). The minimum atomic E-state index is -0.158. The van der Waals surface area contributed by atoms with Gasteiger partial charge in [-0.25, -0.2) is 0 Å². The van der Waals surface area contributed by atoms with Crippen LogP contribution in [0.3, 0.4) is 0 Å². The maximum atomic E-state index is 12.3. The van der Waals surface area contributed by atoms with Crippen molar-refractivity contribution in [2.45, 2.75) is 19.4 Å². The number of rotatable bonds is 3. The summed E-state index contributed by atoms with van der Waals surface area (Å²) in [5.41, 5.74) is 1.60. The van der Waals surface area contributed by atoms with Crippen LogP contribution in [0.25, 0.3) is 0 Å². The Kier molecular flexibility index (Phi) is 4.86. The SMILES string of the molecule is CC(NC(=O)c1ccccc1)c1cc2c(cc1Br)OCCCO2. The Morgan fingerprint density at radius 1 is 1.13 bits per heavy atom. The number of hydrogen-bond donors (Lipinski definition) is 1. The van der Waals surface area contributed by atoms with Gasteiger partial charge in [0.2, 0.25) is 0 Å². The molecule has 0 saturated heterocycles. The minimum Gasteiger partial charge on any atom is -0.490 e. The van der Waals surface area contributed by atoms with Gasteiger partial charge < -0.3 is 14.8 Å². The van der Waals surface area contributed by atoms with Crippen LogP contribution in [0, 0.1) is 0 Å². The van der Waals surface area contributed by atoms with E-state index in [2.05, 4.69) is 21.2 Å². The van der Waals surface area contributed by atoms with Crippen molar-refractivity contribution in [3.05, 3.63) is 58.1 Å². The molecule has 1 amide bonds. The Morgan fingerprint density at radius 2 is 1.78 bits per heavy atom. The highest BCUT2D eigenvalue weighted by molar-refractivity contribution is 9.10. The predicted molar refractivity (Wildman–Crippen MR) is 92.1 cm³/mol. The molecule has 1 unspecified atom stereocenters. The van der Waals surface area contributed by atoms with Crippen molar-refractivity contribution in [1.82, 2.24) is 5.32 Å². The first kappa shape index (κ1) is 15.9. The average molecular weight is 376 g/mol. The van der Waals surface area contributed by atoms with Gasteiger partial charge in [-0.2, -0.15) is 0 Å². The van der Waals surface area contributed by atoms with Gasteiger partial charge in [-0.1, -0.05) is 34.1 Å². The molecule has 0 bridgehead atoms. The molecule has 1 aliphatic heterocycles. The van der Waals surface area contributed by atoms with Crippen LogP contribution < -0.4 is 14.8 Å². The Morgan fingerprint density at radius 3 is 2.48 bits per heavy atom. The summed E-state index contributed by atoms with van der Waals surface area (Å²) in [6, 6.07) is 12.9. The Balaban J connectivity index is 1.80. The van der Waals surface area contributed by atoms with E-state index in [4.69, 9.17) is 9.47 Å². The summed E-state index contributed by atoms with van der Waals surface area (Å²) in [5, 5.41) is 3.01. The first-order valence-electron chi connectivity index (χ1n) is 7.60. The lowest BCUT2D eigenvalue weighted by Crippen LogP contribution is -2.26. The molecule has 0 radical (unpaired) electrons. The molecule has 5 heteroatoms. The fourth-order valence-electron chi connectivity index (χ4n) is 2.48. The van der Waals surface area contributed by atoms with E-state index in [0.717, 1.165) is 28.0 Å². The topological polar surface area (TPSA) is 47.6 Å². The van der Waals surface area contributed by atoms with Gasteiger partial charge in [0.25, 0.3) is 5.91 Å². The second-order valence-electron chi connectivity index (χ2n) is 5.43. The van der Waals surface area contributed by atoms with Crippen LogP contribution in [0.1, 0.15) is 35.3 Å². The monoisotopic (exact) mass is 375 g/mol. The van der Waals surface area contributed by atoms with Crippen molar-refractivity contribution in [1.29, 1.82) is 0 Å². The molecule has 2 aromatic carbocycles. The number of carbonyl (C=O) groups is 1. The summed E-state index contributed by atoms with van der Waals surface area (Å²) in [6.07, 6.45) is 0.863. The lowest BCUT2D eigenvalue weighted by atomic mass is 10.1. The van der Waals surface area contributed by atoms with E-state index < -0.39 is 0 Å². The molecular formula is C18H18BrNO3. The number of fused-ring (bicyclic) bond motifs is 1. The summed E-state index contributed by atoms with van der Waals surface area (Å²) in [4.78, 5) is 12.3. The quantitative estimate of drug-likeness (QED) is 0.878. The van der Waals surface area contributed by atoms with E-state index >= 15 is 0 Å². The van der Waals surface area contributed by atoms with E-state index in [1.165, 1.54) is 0 Å². The maximum absolute atomic E-state index is 12.3. The van der Waals surface area contributed by atoms with Crippen molar-refractivity contribution in [3.8, 4) is 11.5 Å². The second-order valence-corrected chi connectivity index (χ2v) is 6.29. The summed E-state index contributed by atoms with van der Waals surface area (Å²) in [5.74, 6) is 1.36. The predicted octanol–water partition coefficient (Wildman–Crippen LogP) is 4.10. The van der Waals surface area contributed by atoms with E-state index in [1.54, 1.807) is 12.1 Å². The number of ether oxygens (including phenoxy) is 2. The highest BCUT2D eigenvalue weighted by Gasteiger charge is 2.19. The number of nitrogens with one attached hydrogen (secondary N) is 1. The van der Waals surface area contributed by atoms with Crippen LogP contribution in [0.2, 0.25) is 0 Å². The summed E-state index contributed by atoms with van der Waals surface area (Å²) < 4.78 is 12.3. The standard InChI is InChI=1S/C18H18BrNO3/c1-12(20-18(21)13-6-3-2-4-7-13)14-10-16-17(11-15(14)19)23-9-5-8-22-16/h2-4,6-7,10-12H,5,8-9H2,1H3,(H,20,21). The molecule has 1 heterocycles. The highest BCUT2D eigenvalue weighted by atomic mass is 79.9. The van der Waals surface area contributed by atoms with E-state index in [9.17, 15) is 4.79 Å². The zero-order chi connectivity index (χ0) is 16.2. The average Bonchev–Trinajstić information content (AvgIpc) is 2.79. The molecule has 0 saturated carbocycles. The Labute approximate surface area is 143 Å². The van der Waals surface area contributed by atoms with Crippen molar-refractivity contribution in [2.24, 2.45) is 0 Å². The first-order valence-corrected chi connectivity index (χ1v) is 8.39. The van der Waals surface area contributed by atoms with Crippen LogP contribution in [0.4, 0.5) is 0 Å². The molecule has 0 fully saturated rings. The largest absolute Gasteiger partial charge is 0.490 e. The number of halogens is 1. The van der Waals surface area contributed by atoms with Crippen LogP contribution in [0.15, 0.2) is 46.9 Å². The smallest absolute Gasteiger partial charge is 0.251 e. The molecular weight excluding hydrogens is 358 g/mol. The van der Waals surface area contributed by atoms with E-state index in [0.29, 0.717) is 18.8 Å². The summed E-state index contributed by atoms with van der Waals surface area (Å²) in [6.45, 7) is 3.24. The number of benzene rings is 2. The molecule has 0 aromatic heterocycles. The zero-order valence-electron chi connectivity index (χ0n) is 12.8. The zero-order valence-corrected chi connectivity index (χ0v) is 14.4. The van der Waals surface area contributed by atoms with Gasteiger partial charge >= 0.3 is 0 Å². The van der Waals surface area contributed by atoms with Gasteiger partial charge in [-0.3, -0.25) is 4.79 Å². The third kappa shape index (κ3) is 3.67. The van der Waals surface area contributed by atoms with Crippen LogP contribution in [-0.2, 0) is 0 Å². The van der Waals surface area contributed by atoms with Gasteiger partial charge in [-0.05, 0) is 36.8 Å². The van der Waals surface area contributed by atoms with Gasteiger partial charge in [-0.15, -0.1) is 0 Å². The van der Waals surface area contributed by atoms with Gasteiger partial charge in [0.1, 0.15) is 0 Å². The minimum absolute atomic E-state index is 0.0999. The van der Waals surface area contributed by atoms with Gasteiger partial charge in [0.15, 0.2) is 11.5 Å². The molecule has 2 aromatic rings. The van der Waals surface area contributed by atoms with Crippen LogP contribution in [0.5, 0.6) is 11.5 Å². The lowest BCUT2D eigenvalue weighted by molar-refractivity contribution is 0.0939. The molecule has 120 valence electrons. The van der Waals surface area contributed by atoms with E-state index in [1.807, 2.05) is 37.3 Å². The molecule has 0 aliphatic carbocycles. The molecule has 1 N–H and O–H groups in total. The third-order valence-electron chi connectivity index (χ3n) is 3.72. The van der Waals surface area contributed by atoms with Crippen molar-refractivity contribution >= 4 is 21.8 Å². The normalized spacial score (nSPS) is 14.7. The third-order valence-corrected chi connectivity index (χ3v) is 4.40. The van der Waals surface area contributed by atoms with E-state index in [-0.39, 0.29) is 11.9 Å². The van der Waals surface area contributed by atoms with Crippen LogP contribution in [-0.4, -0.2) is 19.1 Å². The highest BCUT2D eigenvalue weighted by Crippen LogP contribution is 2.37. The summed E-state index contributed by atoms with van der Waals surface area (Å²) >= 11 is 3.56. The Hall–Kier alpha value is -2.01. The summed E-state index contributed by atoms with van der Waals surface area (Å²) in [7, 11) is 0. The fourth-order valence-corrected chi connectivity index (χ4v) is 3.14. The first-order chi connectivity index (χ1) is 11.1. The Bertz CT molecular complexity index is 703. The molecule has 1 aliphatic rings. The molecule has 4 nitrogen and oxygen atoms in total. The molecule has 0 spiro atoms. The van der Waals surface area contributed by atoms with Crippen LogP contribution >= 0.6 is 15.9 Å². The molecule has 1 atom stereocenters. The number of amides is 1. The van der Waals surface area contributed by atoms with Gasteiger partial charge in [0.05, 0.1) is 19.3 Å². The second kappa shape index (κ2) is 7.04.